The molecule has 0 saturated carbocycles. The number of aliphatic imine (C=N–C) groups is 1. The van der Waals surface area contributed by atoms with Gasteiger partial charge in [-0.25, -0.2) is 4.98 Å². The van der Waals surface area contributed by atoms with Gasteiger partial charge in [0.05, 0.1) is 18.3 Å². The number of nitrogens with zero attached hydrogens (tertiary/aromatic N) is 3. The maximum atomic E-state index is 5.95. The Morgan fingerprint density at radius 1 is 1.32 bits per heavy atom. The molecule has 2 rings (SSSR count). The standard InChI is InChI=1S/C19H33N5O/c1-19(2,3)17-14(10-11-25-17)12-21-18(20-4)22-13-15-8-7-9-16(23-15)24(5)6/h7-9,14,17H,10-13H2,1-6H3,(H2,20,21,22)/t14-,17-/m0/s1. The summed E-state index contributed by atoms with van der Waals surface area (Å²) in [6.45, 7) is 9.09. The number of pyridine rings is 1. The van der Waals surface area contributed by atoms with Crippen LogP contribution in [0.2, 0.25) is 0 Å². The van der Waals surface area contributed by atoms with E-state index in [0.29, 0.717) is 12.5 Å². The summed E-state index contributed by atoms with van der Waals surface area (Å²) in [6.07, 6.45) is 1.38. The van der Waals surface area contributed by atoms with Crippen molar-refractivity contribution in [3.05, 3.63) is 23.9 Å². The Labute approximate surface area is 152 Å². The van der Waals surface area contributed by atoms with Crippen molar-refractivity contribution in [3.8, 4) is 0 Å². The van der Waals surface area contributed by atoms with E-state index in [0.717, 1.165) is 37.0 Å². The van der Waals surface area contributed by atoms with Gasteiger partial charge in [-0.1, -0.05) is 26.8 Å². The van der Waals surface area contributed by atoms with Crippen molar-refractivity contribution in [2.45, 2.75) is 39.8 Å². The van der Waals surface area contributed by atoms with Crippen LogP contribution in [0.3, 0.4) is 0 Å². The van der Waals surface area contributed by atoms with Crippen molar-refractivity contribution in [1.29, 1.82) is 0 Å². The summed E-state index contributed by atoms with van der Waals surface area (Å²) in [7, 11) is 5.79. The monoisotopic (exact) mass is 347 g/mol. The lowest BCUT2D eigenvalue weighted by molar-refractivity contribution is 0.00801. The van der Waals surface area contributed by atoms with Crippen molar-refractivity contribution >= 4 is 11.8 Å². The van der Waals surface area contributed by atoms with Crippen molar-refractivity contribution < 1.29 is 4.74 Å². The predicted octanol–water partition coefficient (Wildman–Crippen LogP) is 2.26. The highest BCUT2D eigenvalue weighted by molar-refractivity contribution is 5.79. The van der Waals surface area contributed by atoms with E-state index in [1.54, 1.807) is 7.05 Å². The van der Waals surface area contributed by atoms with Gasteiger partial charge in [0, 0.05) is 40.2 Å². The molecule has 25 heavy (non-hydrogen) atoms. The van der Waals surface area contributed by atoms with E-state index in [9.17, 15) is 0 Å². The number of aromatic nitrogens is 1. The first-order valence-electron chi connectivity index (χ1n) is 9.00. The first-order valence-corrected chi connectivity index (χ1v) is 9.00. The van der Waals surface area contributed by atoms with Crippen LogP contribution < -0.4 is 15.5 Å². The lowest BCUT2D eigenvalue weighted by atomic mass is 9.81. The van der Waals surface area contributed by atoms with Gasteiger partial charge in [0.25, 0.3) is 0 Å². The molecule has 0 radical (unpaired) electrons. The molecule has 0 spiro atoms. The third kappa shape index (κ3) is 5.59. The molecule has 2 atom stereocenters. The number of hydrogen-bond donors (Lipinski definition) is 2. The number of anilines is 1. The fourth-order valence-corrected chi connectivity index (χ4v) is 3.24. The second kappa shape index (κ2) is 8.52. The molecular weight excluding hydrogens is 314 g/mol. The molecule has 0 unspecified atom stereocenters. The van der Waals surface area contributed by atoms with E-state index >= 15 is 0 Å². The molecule has 1 aromatic rings. The Hall–Kier alpha value is -1.82. The van der Waals surface area contributed by atoms with Gasteiger partial charge in [-0.2, -0.15) is 0 Å². The molecule has 0 aromatic carbocycles. The van der Waals surface area contributed by atoms with Gasteiger partial charge in [0.1, 0.15) is 5.82 Å². The second-order valence-corrected chi connectivity index (χ2v) is 7.89. The van der Waals surface area contributed by atoms with Gasteiger partial charge in [0.2, 0.25) is 0 Å². The topological polar surface area (TPSA) is 61.8 Å². The van der Waals surface area contributed by atoms with Crippen LogP contribution in [0, 0.1) is 11.3 Å². The summed E-state index contributed by atoms with van der Waals surface area (Å²) in [5, 5.41) is 6.79. The van der Waals surface area contributed by atoms with Gasteiger partial charge in [-0.15, -0.1) is 0 Å². The molecule has 2 N–H and O–H groups in total. The number of ether oxygens (including phenoxy) is 1. The van der Waals surface area contributed by atoms with Gasteiger partial charge in [-0.05, 0) is 24.0 Å². The highest BCUT2D eigenvalue weighted by Crippen LogP contribution is 2.34. The third-order valence-corrected chi connectivity index (χ3v) is 4.51. The molecule has 0 bridgehead atoms. The van der Waals surface area contributed by atoms with Crippen LogP contribution in [-0.2, 0) is 11.3 Å². The van der Waals surface area contributed by atoms with Crippen LogP contribution in [0.4, 0.5) is 5.82 Å². The molecule has 140 valence electrons. The van der Waals surface area contributed by atoms with Gasteiger partial charge in [0.15, 0.2) is 5.96 Å². The molecule has 2 heterocycles. The predicted molar refractivity (Wildman–Crippen MR) is 104 cm³/mol. The van der Waals surface area contributed by atoms with E-state index in [-0.39, 0.29) is 11.5 Å². The number of guanidine groups is 1. The van der Waals surface area contributed by atoms with Crippen molar-refractivity contribution in [2.75, 3.05) is 39.2 Å². The zero-order valence-corrected chi connectivity index (χ0v) is 16.5. The summed E-state index contributed by atoms with van der Waals surface area (Å²) in [4.78, 5) is 10.9. The SMILES string of the molecule is CN=C(NCc1cccc(N(C)C)n1)NC[C@@H]1CCO[C@@H]1C(C)(C)C. The lowest BCUT2D eigenvalue weighted by Crippen LogP contribution is -2.43. The van der Waals surface area contributed by atoms with E-state index in [1.807, 2.05) is 37.2 Å². The highest BCUT2D eigenvalue weighted by atomic mass is 16.5. The summed E-state index contributed by atoms with van der Waals surface area (Å²) in [5.41, 5.74) is 1.15. The Morgan fingerprint density at radius 3 is 2.72 bits per heavy atom. The van der Waals surface area contributed by atoms with Crippen molar-refractivity contribution in [3.63, 3.8) is 0 Å². The Bertz CT molecular complexity index is 579. The quantitative estimate of drug-likeness (QED) is 0.632. The van der Waals surface area contributed by atoms with Crippen LogP contribution in [-0.4, -0.2) is 51.3 Å². The molecule has 6 heteroatoms. The van der Waals surface area contributed by atoms with Crippen molar-refractivity contribution in [1.82, 2.24) is 15.6 Å². The molecule has 1 aromatic heterocycles. The van der Waals surface area contributed by atoms with Crippen molar-refractivity contribution in [2.24, 2.45) is 16.3 Å². The fourth-order valence-electron chi connectivity index (χ4n) is 3.24. The third-order valence-electron chi connectivity index (χ3n) is 4.51. The molecule has 6 nitrogen and oxygen atoms in total. The molecule has 1 fully saturated rings. The maximum absolute atomic E-state index is 5.95. The van der Waals surface area contributed by atoms with E-state index in [1.165, 1.54) is 0 Å². The van der Waals surface area contributed by atoms with Crippen LogP contribution in [0.1, 0.15) is 32.9 Å². The average molecular weight is 348 g/mol. The van der Waals surface area contributed by atoms with Gasteiger partial charge < -0.3 is 20.3 Å². The van der Waals surface area contributed by atoms with E-state index in [2.05, 4.69) is 41.4 Å². The first-order chi connectivity index (χ1) is 11.8. The average Bonchev–Trinajstić information content (AvgIpc) is 3.04. The first kappa shape index (κ1) is 19.5. The minimum absolute atomic E-state index is 0.163. The van der Waals surface area contributed by atoms with Crippen LogP contribution in [0.5, 0.6) is 0 Å². The highest BCUT2D eigenvalue weighted by Gasteiger charge is 2.37. The fraction of sp³-hybridized carbons (Fsp3) is 0.684. The zero-order valence-electron chi connectivity index (χ0n) is 16.5. The Kier molecular flexibility index (Phi) is 6.64. The van der Waals surface area contributed by atoms with Crippen LogP contribution >= 0.6 is 0 Å². The normalized spacial score (nSPS) is 21.3. The van der Waals surface area contributed by atoms with E-state index in [4.69, 9.17) is 4.74 Å². The smallest absolute Gasteiger partial charge is 0.191 e. The zero-order chi connectivity index (χ0) is 18.4. The number of rotatable bonds is 5. The summed E-state index contributed by atoms with van der Waals surface area (Å²) < 4.78 is 5.95. The second-order valence-electron chi connectivity index (χ2n) is 7.89. The Balaban J connectivity index is 1.86. The van der Waals surface area contributed by atoms with Crippen LogP contribution in [0.25, 0.3) is 0 Å². The molecular formula is C19H33N5O. The lowest BCUT2D eigenvalue weighted by Gasteiger charge is -2.31. The van der Waals surface area contributed by atoms with E-state index < -0.39 is 0 Å². The molecule has 1 saturated heterocycles. The van der Waals surface area contributed by atoms with Crippen LogP contribution in [0.15, 0.2) is 23.2 Å². The number of hydrogen-bond acceptors (Lipinski definition) is 4. The summed E-state index contributed by atoms with van der Waals surface area (Å²) in [5.74, 6) is 2.27. The molecule has 1 aliphatic rings. The largest absolute Gasteiger partial charge is 0.377 e. The summed E-state index contributed by atoms with van der Waals surface area (Å²) >= 11 is 0. The number of nitrogens with one attached hydrogen (secondary N) is 2. The Morgan fingerprint density at radius 2 is 2.08 bits per heavy atom. The maximum Gasteiger partial charge on any atom is 0.191 e. The van der Waals surface area contributed by atoms with Gasteiger partial charge in [-0.3, -0.25) is 4.99 Å². The molecule has 0 aliphatic carbocycles. The minimum Gasteiger partial charge on any atom is -0.377 e. The summed E-state index contributed by atoms with van der Waals surface area (Å²) in [6, 6.07) is 6.05. The molecule has 0 amide bonds. The molecule has 1 aliphatic heterocycles. The van der Waals surface area contributed by atoms with Gasteiger partial charge >= 0.3 is 0 Å². The minimum atomic E-state index is 0.163.